The molecule has 0 amide bonds. The number of hydrogen-bond donors (Lipinski definition) is 1. The number of fused-ring (bicyclic) bond motifs is 2. The number of pyridine rings is 1. The number of nitrogens with one attached hydrogen (secondary N) is 1. The fraction of sp³-hybridized carbons (Fsp3) is 0.111. The van der Waals surface area contributed by atoms with Crippen LogP contribution in [0.2, 0.25) is 0 Å². The summed E-state index contributed by atoms with van der Waals surface area (Å²) in [6, 6.07) is 8.70. The number of benzene rings is 1. The summed E-state index contributed by atoms with van der Waals surface area (Å²) in [7, 11) is 0. The number of halogens is 1. The van der Waals surface area contributed by atoms with E-state index in [1.54, 1.807) is 10.5 Å². The maximum absolute atomic E-state index is 13.6. The minimum absolute atomic E-state index is 0.240. The van der Waals surface area contributed by atoms with Gasteiger partial charge >= 0.3 is 0 Å². The predicted molar refractivity (Wildman–Crippen MR) is 96.8 cm³/mol. The second kappa shape index (κ2) is 5.70. The molecule has 1 aliphatic rings. The number of thiazole rings is 1. The fourth-order valence-electron chi connectivity index (χ4n) is 2.98. The first-order chi connectivity index (χ1) is 12.7. The van der Waals surface area contributed by atoms with E-state index in [1.165, 1.54) is 23.6 Å². The number of rotatable bonds is 3. The summed E-state index contributed by atoms with van der Waals surface area (Å²) < 4.78 is 26.1. The van der Waals surface area contributed by atoms with Crippen molar-refractivity contribution < 1.29 is 13.9 Å². The Kier molecular flexibility index (Phi) is 3.32. The van der Waals surface area contributed by atoms with Gasteiger partial charge in [-0.05, 0) is 31.2 Å². The van der Waals surface area contributed by atoms with Crippen molar-refractivity contribution in [2.24, 2.45) is 0 Å². The molecule has 0 bridgehead atoms. The Morgan fingerprint density at radius 1 is 1.15 bits per heavy atom. The van der Waals surface area contributed by atoms with E-state index in [0.717, 1.165) is 33.7 Å². The van der Waals surface area contributed by atoms with Crippen molar-refractivity contribution >= 4 is 27.8 Å². The molecule has 0 saturated heterocycles. The van der Waals surface area contributed by atoms with Crippen molar-refractivity contribution in [2.45, 2.75) is 6.92 Å². The van der Waals surface area contributed by atoms with Crippen LogP contribution in [0.15, 0.2) is 41.9 Å². The van der Waals surface area contributed by atoms with Crippen molar-refractivity contribution in [2.75, 3.05) is 12.1 Å². The van der Waals surface area contributed by atoms with Gasteiger partial charge in [-0.1, -0.05) is 0 Å². The van der Waals surface area contributed by atoms with Crippen LogP contribution >= 0.6 is 11.3 Å². The summed E-state index contributed by atoms with van der Waals surface area (Å²) in [4.78, 5) is 9.11. The van der Waals surface area contributed by atoms with Crippen LogP contribution in [0.1, 0.15) is 5.69 Å². The van der Waals surface area contributed by atoms with Crippen LogP contribution in [0, 0.1) is 12.7 Å². The topological polar surface area (TPSA) is 60.7 Å². The second-order valence-electron chi connectivity index (χ2n) is 5.85. The summed E-state index contributed by atoms with van der Waals surface area (Å²) in [6.45, 7) is 2.13. The van der Waals surface area contributed by atoms with E-state index in [0.29, 0.717) is 11.4 Å². The molecule has 1 N–H and O–H groups in total. The minimum Gasteiger partial charge on any atom is -0.454 e. The van der Waals surface area contributed by atoms with Gasteiger partial charge in [0.05, 0.1) is 11.4 Å². The molecule has 0 fully saturated rings. The third-order valence-corrected chi connectivity index (χ3v) is 4.89. The third-order valence-electron chi connectivity index (χ3n) is 4.13. The van der Waals surface area contributed by atoms with E-state index in [4.69, 9.17) is 9.47 Å². The van der Waals surface area contributed by atoms with Gasteiger partial charge in [0, 0.05) is 23.3 Å². The number of hydrogen-bond acceptors (Lipinski definition) is 6. The van der Waals surface area contributed by atoms with Crippen LogP contribution in [0.25, 0.3) is 17.0 Å². The molecule has 0 spiro atoms. The Morgan fingerprint density at radius 3 is 2.96 bits per heavy atom. The molecule has 26 heavy (non-hydrogen) atoms. The Balaban J connectivity index is 1.49. The highest BCUT2D eigenvalue weighted by molar-refractivity contribution is 7.14. The van der Waals surface area contributed by atoms with Crippen molar-refractivity contribution in [3.05, 3.63) is 53.4 Å². The third kappa shape index (κ3) is 2.46. The van der Waals surface area contributed by atoms with Crippen LogP contribution in [-0.4, -0.2) is 21.2 Å². The van der Waals surface area contributed by atoms with Gasteiger partial charge in [0.1, 0.15) is 17.2 Å². The van der Waals surface area contributed by atoms with Gasteiger partial charge in [-0.3, -0.25) is 4.40 Å². The van der Waals surface area contributed by atoms with Crippen molar-refractivity contribution in [3.8, 4) is 22.9 Å². The lowest BCUT2D eigenvalue weighted by Gasteiger charge is -2.04. The number of anilines is 2. The van der Waals surface area contributed by atoms with Crippen molar-refractivity contribution in [3.63, 3.8) is 0 Å². The average molecular weight is 368 g/mol. The first-order valence-corrected chi connectivity index (χ1v) is 8.82. The molecule has 1 aromatic carbocycles. The molecule has 0 aliphatic carbocycles. The number of aromatic nitrogens is 3. The van der Waals surface area contributed by atoms with E-state index >= 15 is 0 Å². The summed E-state index contributed by atoms with van der Waals surface area (Å²) in [5, 5.41) is 5.92. The maximum atomic E-state index is 13.6. The zero-order chi connectivity index (χ0) is 17.7. The van der Waals surface area contributed by atoms with Gasteiger partial charge in [-0.2, -0.15) is 0 Å². The summed E-state index contributed by atoms with van der Waals surface area (Å²) >= 11 is 1.47. The molecular weight excluding hydrogens is 355 g/mol. The minimum atomic E-state index is -0.315. The van der Waals surface area contributed by atoms with Gasteiger partial charge in [-0.15, -0.1) is 11.3 Å². The summed E-state index contributed by atoms with van der Waals surface area (Å²) in [5.74, 6) is 1.13. The van der Waals surface area contributed by atoms with Crippen LogP contribution in [0.5, 0.6) is 11.5 Å². The lowest BCUT2D eigenvalue weighted by Crippen LogP contribution is -1.93. The van der Waals surface area contributed by atoms with E-state index in [-0.39, 0.29) is 12.6 Å². The normalized spacial score (nSPS) is 12.7. The highest BCUT2D eigenvalue weighted by Gasteiger charge is 2.16. The standard InChI is InChI=1S/C18H13FN4O2S/c1-10-17(23-7-11(19)2-5-16(23)20-10)13-8-26-18(22-13)21-12-3-4-14-15(6-12)25-9-24-14/h2-8H,9H2,1H3,(H,21,22). The number of imidazole rings is 1. The lowest BCUT2D eigenvalue weighted by atomic mass is 10.3. The molecule has 1 aliphatic heterocycles. The monoisotopic (exact) mass is 368 g/mol. The zero-order valence-corrected chi connectivity index (χ0v) is 14.5. The molecule has 4 heterocycles. The number of nitrogens with zero attached hydrogens (tertiary/aromatic N) is 3. The first kappa shape index (κ1) is 15.2. The molecule has 130 valence electrons. The number of ether oxygens (including phenoxy) is 2. The van der Waals surface area contributed by atoms with Crippen molar-refractivity contribution in [1.29, 1.82) is 0 Å². The summed E-state index contributed by atoms with van der Waals surface area (Å²) in [5.41, 5.74) is 3.88. The molecule has 4 aromatic rings. The van der Waals surface area contributed by atoms with E-state index < -0.39 is 0 Å². The first-order valence-electron chi connectivity index (χ1n) is 7.94. The van der Waals surface area contributed by atoms with Crippen LogP contribution in [-0.2, 0) is 0 Å². The zero-order valence-electron chi connectivity index (χ0n) is 13.7. The van der Waals surface area contributed by atoms with Crippen molar-refractivity contribution in [1.82, 2.24) is 14.4 Å². The Morgan fingerprint density at radius 2 is 2.04 bits per heavy atom. The average Bonchev–Trinajstić information content (AvgIpc) is 3.32. The fourth-order valence-corrected chi connectivity index (χ4v) is 3.70. The molecule has 0 radical (unpaired) electrons. The van der Waals surface area contributed by atoms with Crippen LogP contribution in [0.4, 0.5) is 15.2 Å². The quantitative estimate of drug-likeness (QED) is 0.582. The smallest absolute Gasteiger partial charge is 0.231 e. The Hall–Kier alpha value is -3.13. The highest BCUT2D eigenvalue weighted by atomic mass is 32.1. The Bertz CT molecular complexity index is 1140. The van der Waals surface area contributed by atoms with E-state index in [2.05, 4.69) is 15.3 Å². The molecule has 6 nitrogen and oxygen atoms in total. The Labute approximate surface area is 151 Å². The van der Waals surface area contributed by atoms with Crippen LogP contribution < -0.4 is 14.8 Å². The van der Waals surface area contributed by atoms with Gasteiger partial charge in [0.25, 0.3) is 0 Å². The van der Waals surface area contributed by atoms with E-state index in [9.17, 15) is 4.39 Å². The molecular formula is C18H13FN4O2S. The molecule has 5 rings (SSSR count). The maximum Gasteiger partial charge on any atom is 0.231 e. The van der Waals surface area contributed by atoms with Crippen LogP contribution in [0.3, 0.4) is 0 Å². The predicted octanol–water partition coefficient (Wildman–Crippen LogP) is 4.38. The highest BCUT2D eigenvalue weighted by Crippen LogP contribution is 2.36. The second-order valence-corrected chi connectivity index (χ2v) is 6.71. The summed E-state index contributed by atoms with van der Waals surface area (Å²) in [6.07, 6.45) is 1.43. The molecule has 0 atom stereocenters. The van der Waals surface area contributed by atoms with Gasteiger partial charge in [0.2, 0.25) is 6.79 Å². The largest absolute Gasteiger partial charge is 0.454 e. The molecule has 3 aromatic heterocycles. The SMILES string of the molecule is Cc1nc2ccc(F)cn2c1-c1csc(Nc2ccc3c(c2)OCO3)n1. The van der Waals surface area contributed by atoms with E-state index in [1.807, 2.05) is 30.5 Å². The van der Waals surface area contributed by atoms with Gasteiger partial charge in [0.15, 0.2) is 16.6 Å². The van der Waals surface area contributed by atoms with Gasteiger partial charge in [-0.25, -0.2) is 14.4 Å². The lowest BCUT2D eigenvalue weighted by molar-refractivity contribution is 0.174. The number of aryl methyl sites for hydroxylation is 1. The molecule has 8 heteroatoms. The molecule has 0 saturated carbocycles. The van der Waals surface area contributed by atoms with Gasteiger partial charge < -0.3 is 14.8 Å². The molecule has 0 unspecified atom stereocenters.